The fourth-order valence-corrected chi connectivity index (χ4v) is 2.49. The quantitative estimate of drug-likeness (QED) is 0.926. The number of carbonyl (C=O) groups is 1. The second-order valence-corrected chi connectivity index (χ2v) is 5.40. The highest BCUT2D eigenvalue weighted by atomic mass is 79.9. The van der Waals surface area contributed by atoms with Crippen molar-refractivity contribution in [1.82, 2.24) is 9.80 Å². The predicted molar refractivity (Wildman–Crippen MR) is 73.3 cm³/mol. The Kier molecular flexibility index (Phi) is 4.24. The highest BCUT2D eigenvalue weighted by Crippen LogP contribution is 2.28. The summed E-state index contributed by atoms with van der Waals surface area (Å²) in [5.74, 6) is 0. The van der Waals surface area contributed by atoms with Gasteiger partial charge in [-0.25, -0.2) is 4.79 Å². The van der Waals surface area contributed by atoms with Crippen molar-refractivity contribution < 1.29 is 9.90 Å². The maximum absolute atomic E-state index is 12.0. The Labute approximate surface area is 115 Å². The van der Waals surface area contributed by atoms with Gasteiger partial charge in [0.2, 0.25) is 0 Å². The molecule has 5 heteroatoms. The first kappa shape index (κ1) is 13.4. The maximum atomic E-state index is 12.0. The molecule has 1 fully saturated rings. The summed E-state index contributed by atoms with van der Waals surface area (Å²) in [6.45, 7) is 1.43. The fraction of sp³-hybridized carbons (Fsp3) is 0.462. The highest BCUT2D eigenvalue weighted by molar-refractivity contribution is 9.10. The number of hydrogen-bond acceptors (Lipinski definition) is 2. The molecule has 1 aliphatic rings. The van der Waals surface area contributed by atoms with Crippen molar-refractivity contribution in [3.63, 3.8) is 0 Å². The van der Waals surface area contributed by atoms with Gasteiger partial charge in [-0.2, -0.15) is 0 Å². The number of aliphatic hydroxyl groups is 1. The Morgan fingerprint density at radius 2 is 2.06 bits per heavy atom. The minimum Gasteiger partial charge on any atom is -0.396 e. The first-order chi connectivity index (χ1) is 8.63. The maximum Gasteiger partial charge on any atom is 0.320 e. The van der Waals surface area contributed by atoms with Crippen LogP contribution in [0.1, 0.15) is 18.0 Å². The van der Waals surface area contributed by atoms with E-state index in [9.17, 15) is 4.79 Å². The predicted octanol–water partition coefficient (Wildman–Crippen LogP) is 2.24. The number of benzene rings is 1. The van der Waals surface area contributed by atoms with Crippen molar-refractivity contribution in [3.8, 4) is 0 Å². The molecule has 0 saturated carbocycles. The fourth-order valence-electron chi connectivity index (χ4n) is 2.23. The van der Waals surface area contributed by atoms with Gasteiger partial charge in [-0.3, -0.25) is 0 Å². The lowest BCUT2D eigenvalue weighted by Gasteiger charge is -2.17. The summed E-state index contributed by atoms with van der Waals surface area (Å²) in [6, 6.07) is 8.19. The number of aliphatic hydroxyl groups excluding tert-OH is 1. The van der Waals surface area contributed by atoms with Crippen LogP contribution >= 0.6 is 15.9 Å². The van der Waals surface area contributed by atoms with Crippen molar-refractivity contribution >= 4 is 22.0 Å². The highest BCUT2D eigenvalue weighted by Gasteiger charge is 2.34. The molecule has 2 rings (SSSR count). The van der Waals surface area contributed by atoms with E-state index < -0.39 is 0 Å². The zero-order valence-electron chi connectivity index (χ0n) is 10.3. The van der Waals surface area contributed by atoms with Crippen LogP contribution in [0, 0.1) is 0 Å². The molecule has 18 heavy (non-hydrogen) atoms. The van der Waals surface area contributed by atoms with E-state index >= 15 is 0 Å². The minimum atomic E-state index is 0.0383. The lowest BCUT2D eigenvalue weighted by atomic mass is 10.1. The van der Waals surface area contributed by atoms with Gasteiger partial charge in [0.1, 0.15) is 0 Å². The van der Waals surface area contributed by atoms with Crippen LogP contribution in [0.15, 0.2) is 28.7 Å². The van der Waals surface area contributed by atoms with Gasteiger partial charge in [0, 0.05) is 31.2 Å². The van der Waals surface area contributed by atoms with Crippen LogP contribution < -0.4 is 0 Å². The van der Waals surface area contributed by atoms with E-state index in [1.54, 1.807) is 9.80 Å². The van der Waals surface area contributed by atoms with E-state index in [0.29, 0.717) is 19.5 Å². The average Bonchev–Trinajstić information content (AvgIpc) is 2.65. The molecule has 1 unspecified atom stereocenters. The molecule has 0 aliphatic carbocycles. The normalized spacial score (nSPS) is 19.7. The molecular formula is C13H17BrN2O2. The third-order valence-corrected chi connectivity index (χ3v) is 3.80. The SMILES string of the molecule is CN1C(=O)N(CCCO)CC1c1ccc(Br)cc1. The third kappa shape index (κ3) is 2.67. The summed E-state index contributed by atoms with van der Waals surface area (Å²) in [7, 11) is 1.83. The van der Waals surface area contributed by atoms with E-state index in [0.717, 1.165) is 10.0 Å². The van der Waals surface area contributed by atoms with Crippen LogP contribution in [0.25, 0.3) is 0 Å². The summed E-state index contributed by atoms with van der Waals surface area (Å²) < 4.78 is 1.04. The minimum absolute atomic E-state index is 0.0383. The number of urea groups is 1. The Morgan fingerprint density at radius 3 is 2.67 bits per heavy atom. The molecule has 98 valence electrons. The lowest BCUT2D eigenvalue weighted by molar-refractivity contribution is 0.191. The van der Waals surface area contributed by atoms with Crippen LogP contribution in [0.4, 0.5) is 4.79 Å². The summed E-state index contributed by atoms with van der Waals surface area (Å²) in [5.41, 5.74) is 1.14. The molecule has 0 aromatic heterocycles. The summed E-state index contributed by atoms with van der Waals surface area (Å²) >= 11 is 3.41. The number of amides is 2. The number of carbonyl (C=O) groups excluding carboxylic acids is 1. The van der Waals surface area contributed by atoms with Crippen LogP contribution in [0.3, 0.4) is 0 Å². The van der Waals surface area contributed by atoms with Gasteiger partial charge < -0.3 is 14.9 Å². The van der Waals surface area contributed by atoms with E-state index in [1.807, 2.05) is 31.3 Å². The Hall–Kier alpha value is -1.07. The van der Waals surface area contributed by atoms with Gasteiger partial charge in [0.15, 0.2) is 0 Å². The van der Waals surface area contributed by atoms with E-state index in [1.165, 1.54) is 0 Å². The van der Waals surface area contributed by atoms with Crippen molar-refractivity contribution in [2.75, 3.05) is 26.7 Å². The third-order valence-electron chi connectivity index (χ3n) is 3.27. The molecule has 4 nitrogen and oxygen atoms in total. The Balaban J connectivity index is 2.10. The van der Waals surface area contributed by atoms with E-state index in [4.69, 9.17) is 5.11 Å². The number of hydrogen-bond donors (Lipinski definition) is 1. The van der Waals surface area contributed by atoms with Gasteiger partial charge in [-0.1, -0.05) is 28.1 Å². The van der Waals surface area contributed by atoms with Gasteiger partial charge in [-0.05, 0) is 24.1 Å². The van der Waals surface area contributed by atoms with Gasteiger partial charge in [0.25, 0.3) is 0 Å². The standard InChI is InChI=1S/C13H17BrN2O2/c1-15-12(10-3-5-11(14)6-4-10)9-16(13(15)18)7-2-8-17/h3-6,12,17H,2,7-9H2,1H3. The summed E-state index contributed by atoms with van der Waals surface area (Å²) in [6.07, 6.45) is 0.632. The van der Waals surface area contributed by atoms with Crippen molar-refractivity contribution in [2.24, 2.45) is 0 Å². The molecule has 1 atom stereocenters. The number of rotatable bonds is 4. The summed E-state index contributed by atoms with van der Waals surface area (Å²) in [5, 5.41) is 8.84. The zero-order valence-corrected chi connectivity index (χ0v) is 11.9. The number of nitrogens with zero attached hydrogens (tertiary/aromatic N) is 2. The van der Waals surface area contributed by atoms with Crippen molar-refractivity contribution in [1.29, 1.82) is 0 Å². The molecule has 0 spiro atoms. The topological polar surface area (TPSA) is 43.8 Å². The van der Waals surface area contributed by atoms with Crippen LogP contribution in [-0.4, -0.2) is 47.7 Å². The van der Waals surface area contributed by atoms with Crippen molar-refractivity contribution in [3.05, 3.63) is 34.3 Å². The molecule has 1 aromatic carbocycles. The molecule has 1 N–H and O–H groups in total. The van der Waals surface area contributed by atoms with E-state index in [2.05, 4.69) is 15.9 Å². The van der Waals surface area contributed by atoms with E-state index in [-0.39, 0.29) is 18.7 Å². The van der Waals surface area contributed by atoms with Crippen molar-refractivity contribution in [2.45, 2.75) is 12.5 Å². The Morgan fingerprint density at radius 1 is 1.39 bits per heavy atom. The van der Waals surface area contributed by atoms with Gasteiger partial charge in [-0.15, -0.1) is 0 Å². The number of halogens is 1. The smallest absolute Gasteiger partial charge is 0.320 e. The molecule has 1 aliphatic heterocycles. The van der Waals surface area contributed by atoms with Crippen LogP contribution in [0.2, 0.25) is 0 Å². The van der Waals surface area contributed by atoms with Gasteiger partial charge >= 0.3 is 6.03 Å². The Bertz CT molecular complexity index is 422. The zero-order chi connectivity index (χ0) is 13.1. The van der Waals surface area contributed by atoms with Crippen LogP contribution in [0.5, 0.6) is 0 Å². The number of likely N-dealkylation sites (N-methyl/N-ethyl adjacent to an activating group) is 1. The molecule has 0 radical (unpaired) electrons. The summed E-state index contributed by atoms with van der Waals surface area (Å²) in [4.78, 5) is 15.6. The first-order valence-corrected chi connectivity index (χ1v) is 6.81. The monoisotopic (exact) mass is 312 g/mol. The molecular weight excluding hydrogens is 296 g/mol. The molecule has 2 amide bonds. The second kappa shape index (κ2) is 5.71. The van der Waals surface area contributed by atoms with Crippen LogP contribution in [-0.2, 0) is 0 Å². The largest absolute Gasteiger partial charge is 0.396 e. The second-order valence-electron chi connectivity index (χ2n) is 4.48. The molecule has 1 heterocycles. The first-order valence-electron chi connectivity index (χ1n) is 6.01. The molecule has 0 bridgehead atoms. The average molecular weight is 313 g/mol. The van der Waals surface area contributed by atoms with Gasteiger partial charge in [0.05, 0.1) is 6.04 Å². The molecule has 1 aromatic rings. The lowest BCUT2D eigenvalue weighted by Crippen LogP contribution is -2.30. The molecule has 1 saturated heterocycles.